The lowest BCUT2D eigenvalue weighted by atomic mass is 10.2. The van der Waals surface area contributed by atoms with E-state index in [1.165, 1.54) is 17.4 Å². The van der Waals surface area contributed by atoms with E-state index >= 15 is 0 Å². The Kier molecular flexibility index (Phi) is 4.87. The number of nitrogens with two attached hydrogens (primary N) is 1. The average Bonchev–Trinajstić information content (AvgIpc) is 2.80. The molecule has 0 fully saturated rings. The minimum absolute atomic E-state index is 0.0485. The maximum atomic E-state index is 12.1. The molecule has 1 aromatic heterocycles. The molecule has 21 heavy (non-hydrogen) atoms. The number of anilines is 1. The minimum Gasteiger partial charge on any atom is -0.409 e. The Labute approximate surface area is 138 Å². The summed E-state index contributed by atoms with van der Waals surface area (Å²) in [5, 5.41) is 14.5. The van der Waals surface area contributed by atoms with Gasteiger partial charge in [-0.05, 0) is 52.7 Å². The first-order chi connectivity index (χ1) is 9.92. The van der Waals surface area contributed by atoms with Gasteiger partial charge in [0.15, 0.2) is 5.84 Å². The molecule has 110 valence electrons. The lowest BCUT2D eigenvalue weighted by molar-refractivity contribution is 0.103. The van der Waals surface area contributed by atoms with Crippen molar-refractivity contribution >= 4 is 56.3 Å². The van der Waals surface area contributed by atoms with E-state index < -0.39 is 0 Å². The Morgan fingerprint density at radius 3 is 2.71 bits per heavy atom. The number of nitrogens with zero attached hydrogens (tertiary/aromatic N) is 1. The zero-order chi connectivity index (χ0) is 15.6. The number of oxime groups is 1. The molecule has 0 spiro atoms. The normalized spacial score (nSPS) is 11.5. The van der Waals surface area contributed by atoms with Crippen molar-refractivity contribution in [3.05, 3.63) is 49.1 Å². The van der Waals surface area contributed by atoms with E-state index in [2.05, 4.69) is 26.4 Å². The molecule has 0 aliphatic carbocycles. The molecule has 2 aromatic rings. The lowest BCUT2D eigenvalue weighted by Crippen LogP contribution is -2.14. The summed E-state index contributed by atoms with van der Waals surface area (Å²) in [5.74, 6) is -0.292. The van der Waals surface area contributed by atoms with Gasteiger partial charge in [-0.3, -0.25) is 4.79 Å². The molecule has 8 heteroatoms. The summed E-state index contributed by atoms with van der Waals surface area (Å²) >= 11 is 10.8. The van der Waals surface area contributed by atoms with E-state index in [-0.39, 0.29) is 11.7 Å². The molecule has 0 aliphatic rings. The zero-order valence-corrected chi connectivity index (χ0v) is 14.0. The molecule has 0 bridgehead atoms. The molecule has 0 unspecified atom stereocenters. The number of rotatable bonds is 3. The predicted molar refractivity (Wildman–Crippen MR) is 88.7 cm³/mol. The number of nitrogens with one attached hydrogen (secondary N) is 1. The standard InChI is InChI=1S/C13H11BrClN3O2S/c1-6-4-10(21-11(6)14)13(19)17-9-3-2-7(5-8(9)15)12(16)18-20/h2-5,20H,1H3,(H2,16,18)(H,17,19). The van der Waals surface area contributed by atoms with Crippen LogP contribution in [0.5, 0.6) is 0 Å². The summed E-state index contributed by atoms with van der Waals surface area (Å²) < 4.78 is 0.918. The van der Waals surface area contributed by atoms with Gasteiger partial charge in [-0.1, -0.05) is 16.8 Å². The number of carbonyl (C=O) groups is 1. The molecule has 1 heterocycles. The summed E-state index contributed by atoms with van der Waals surface area (Å²) in [4.78, 5) is 12.7. The van der Waals surface area contributed by atoms with E-state index in [9.17, 15) is 4.79 Å². The van der Waals surface area contributed by atoms with Crippen LogP contribution >= 0.6 is 38.9 Å². The van der Waals surface area contributed by atoms with Crippen LogP contribution in [-0.2, 0) is 0 Å². The number of halogens is 2. The number of carbonyl (C=O) groups excluding carboxylic acids is 1. The van der Waals surface area contributed by atoms with Gasteiger partial charge in [0.2, 0.25) is 0 Å². The molecule has 0 saturated heterocycles. The van der Waals surface area contributed by atoms with Crippen LogP contribution in [0, 0.1) is 6.92 Å². The fraction of sp³-hybridized carbons (Fsp3) is 0.0769. The molecule has 0 aliphatic heterocycles. The third kappa shape index (κ3) is 3.55. The van der Waals surface area contributed by atoms with Crippen LogP contribution < -0.4 is 11.1 Å². The second-order valence-electron chi connectivity index (χ2n) is 4.20. The monoisotopic (exact) mass is 387 g/mol. The second kappa shape index (κ2) is 6.46. The van der Waals surface area contributed by atoms with Gasteiger partial charge >= 0.3 is 0 Å². The van der Waals surface area contributed by atoms with Crippen molar-refractivity contribution in [2.24, 2.45) is 10.9 Å². The topological polar surface area (TPSA) is 87.7 Å². The first kappa shape index (κ1) is 15.8. The quantitative estimate of drug-likeness (QED) is 0.323. The van der Waals surface area contributed by atoms with Crippen LogP contribution in [0.15, 0.2) is 33.2 Å². The highest BCUT2D eigenvalue weighted by atomic mass is 79.9. The van der Waals surface area contributed by atoms with Crippen molar-refractivity contribution in [2.75, 3.05) is 5.32 Å². The highest BCUT2D eigenvalue weighted by Crippen LogP contribution is 2.29. The summed E-state index contributed by atoms with van der Waals surface area (Å²) in [7, 11) is 0. The molecule has 1 aromatic carbocycles. The highest BCUT2D eigenvalue weighted by Gasteiger charge is 2.13. The highest BCUT2D eigenvalue weighted by molar-refractivity contribution is 9.11. The minimum atomic E-state index is -0.243. The summed E-state index contributed by atoms with van der Waals surface area (Å²) in [6.07, 6.45) is 0. The first-order valence-electron chi connectivity index (χ1n) is 5.77. The summed E-state index contributed by atoms with van der Waals surface area (Å²) in [6, 6.07) is 6.51. The van der Waals surface area contributed by atoms with Gasteiger partial charge in [0, 0.05) is 5.56 Å². The Hall–Kier alpha value is -1.57. The smallest absolute Gasteiger partial charge is 0.265 e. The van der Waals surface area contributed by atoms with Crippen LogP contribution in [0.3, 0.4) is 0 Å². The van der Waals surface area contributed by atoms with E-state index in [0.29, 0.717) is 21.2 Å². The van der Waals surface area contributed by atoms with Gasteiger partial charge in [-0.25, -0.2) is 0 Å². The molecule has 4 N–H and O–H groups in total. The van der Waals surface area contributed by atoms with Gasteiger partial charge in [0.05, 0.1) is 19.4 Å². The van der Waals surface area contributed by atoms with E-state index in [1.54, 1.807) is 18.2 Å². The zero-order valence-electron chi connectivity index (χ0n) is 10.9. The molecule has 0 radical (unpaired) electrons. The number of hydrogen-bond acceptors (Lipinski definition) is 4. The van der Waals surface area contributed by atoms with E-state index in [4.69, 9.17) is 22.5 Å². The van der Waals surface area contributed by atoms with E-state index in [1.807, 2.05) is 6.92 Å². The fourth-order valence-corrected chi connectivity index (χ4v) is 3.25. The van der Waals surface area contributed by atoms with Gasteiger partial charge in [-0.2, -0.15) is 0 Å². The number of thiophene rings is 1. The largest absolute Gasteiger partial charge is 0.409 e. The maximum Gasteiger partial charge on any atom is 0.265 e. The van der Waals surface area contributed by atoms with Crippen LogP contribution in [0.25, 0.3) is 0 Å². The second-order valence-corrected chi connectivity index (χ2v) is 6.98. The molecule has 1 amide bonds. The van der Waals surface area contributed by atoms with Crippen molar-refractivity contribution in [1.82, 2.24) is 0 Å². The Balaban J connectivity index is 2.22. The maximum absolute atomic E-state index is 12.1. The van der Waals surface area contributed by atoms with Crippen molar-refractivity contribution in [3.63, 3.8) is 0 Å². The van der Waals surface area contributed by atoms with Crippen LogP contribution in [0.1, 0.15) is 20.8 Å². The molecule has 5 nitrogen and oxygen atoms in total. The van der Waals surface area contributed by atoms with Gasteiger partial charge in [-0.15, -0.1) is 11.3 Å². The third-order valence-electron chi connectivity index (χ3n) is 2.70. The number of amidine groups is 1. The molecule has 0 atom stereocenters. The van der Waals surface area contributed by atoms with Gasteiger partial charge in [0.25, 0.3) is 5.91 Å². The van der Waals surface area contributed by atoms with Gasteiger partial charge < -0.3 is 16.3 Å². The summed E-state index contributed by atoms with van der Waals surface area (Å²) in [6.45, 7) is 1.91. The lowest BCUT2D eigenvalue weighted by Gasteiger charge is -2.07. The van der Waals surface area contributed by atoms with Crippen LogP contribution in [0.2, 0.25) is 5.02 Å². The molecule has 2 rings (SSSR count). The average molecular weight is 389 g/mol. The molecular formula is C13H11BrClN3O2S. The van der Waals surface area contributed by atoms with Crippen molar-refractivity contribution in [3.8, 4) is 0 Å². The van der Waals surface area contributed by atoms with Crippen LogP contribution in [-0.4, -0.2) is 17.0 Å². The Bertz CT molecular complexity index is 711. The number of aryl methyl sites for hydroxylation is 1. The summed E-state index contributed by atoms with van der Waals surface area (Å²) in [5.41, 5.74) is 7.40. The number of amides is 1. The molecule has 0 saturated carbocycles. The first-order valence-corrected chi connectivity index (χ1v) is 7.76. The Morgan fingerprint density at radius 1 is 1.48 bits per heavy atom. The fourth-order valence-electron chi connectivity index (χ4n) is 1.59. The molecular weight excluding hydrogens is 378 g/mol. The third-order valence-corrected chi connectivity index (χ3v) is 5.15. The number of benzene rings is 1. The number of hydrogen-bond donors (Lipinski definition) is 3. The van der Waals surface area contributed by atoms with Gasteiger partial charge in [0.1, 0.15) is 0 Å². The van der Waals surface area contributed by atoms with Crippen molar-refractivity contribution in [2.45, 2.75) is 6.92 Å². The Morgan fingerprint density at radius 2 is 2.19 bits per heavy atom. The van der Waals surface area contributed by atoms with Crippen molar-refractivity contribution < 1.29 is 10.0 Å². The predicted octanol–water partition coefficient (Wildman–Crippen LogP) is 3.82. The SMILES string of the molecule is Cc1cc(C(=O)Nc2ccc(/C(N)=N/O)cc2Cl)sc1Br. The van der Waals surface area contributed by atoms with Crippen LogP contribution in [0.4, 0.5) is 5.69 Å². The van der Waals surface area contributed by atoms with Crippen molar-refractivity contribution in [1.29, 1.82) is 0 Å². The van der Waals surface area contributed by atoms with E-state index in [0.717, 1.165) is 9.35 Å².